The van der Waals surface area contributed by atoms with Gasteiger partial charge in [0.25, 0.3) is 0 Å². The molecule has 0 spiro atoms. The number of benzene rings is 1. The van der Waals surface area contributed by atoms with Gasteiger partial charge < -0.3 is 24.3 Å². The average Bonchev–Trinajstić information content (AvgIpc) is 3.06. The van der Waals surface area contributed by atoms with E-state index in [1.807, 2.05) is 6.07 Å². The first-order valence-corrected chi connectivity index (χ1v) is 9.82. The summed E-state index contributed by atoms with van der Waals surface area (Å²) in [5.41, 5.74) is 1.69. The van der Waals surface area contributed by atoms with E-state index in [0.717, 1.165) is 5.56 Å². The number of nitrogens with one attached hydrogen (secondary N) is 1. The minimum Gasteiger partial charge on any atom is -0.493 e. The maximum atomic E-state index is 12.6. The zero-order valence-electron chi connectivity index (χ0n) is 16.2. The monoisotopic (exact) mass is 411 g/mol. The van der Waals surface area contributed by atoms with E-state index in [1.54, 1.807) is 13.0 Å². The van der Waals surface area contributed by atoms with Gasteiger partial charge in [-0.25, -0.2) is 4.79 Å². The highest BCUT2D eigenvalue weighted by Gasteiger charge is 2.24. The fraction of sp³-hybridized carbons (Fsp3) is 0.500. The molecule has 0 saturated heterocycles. The van der Waals surface area contributed by atoms with E-state index in [4.69, 9.17) is 30.6 Å². The van der Waals surface area contributed by atoms with Crippen LogP contribution in [0.1, 0.15) is 41.4 Å². The third-order valence-corrected chi connectivity index (χ3v) is 4.47. The third-order valence-electron chi connectivity index (χ3n) is 4.20. The van der Waals surface area contributed by atoms with E-state index < -0.39 is 5.97 Å². The molecule has 0 unspecified atom stereocenters. The van der Waals surface area contributed by atoms with Crippen LogP contribution in [0.15, 0.2) is 16.5 Å². The van der Waals surface area contributed by atoms with Gasteiger partial charge in [-0.05, 0) is 37.5 Å². The van der Waals surface area contributed by atoms with Crippen LogP contribution >= 0.6 is 11.6 Å². The number of rotatable bonds is 11. The van der Waals surface area contributed by atoms with Crippen molar-refractivity contribution in [2.75, 3.05) is 32.7 Å². The summed E-state index contributed by atoms with van der Waals surface area (Å²) < 4.78 is 16.6. The van der Waals surface area contributed by atoms with Crippen LogP contribution in [-0.4, -0.2) is 49.7 Å². The lowest BCUT2D eigenvalue weighted by Crippen LogP contribution is -2.26. The van der Waals surface area contributed by atoms with E-state index in [0.29, 0.717) is 53.2 Å². The van der Waals surface area contributed by atoms with Crippen LogP contribution < -0.4 is 10.1 Å². The van der Waals surface area contributed by atoms with Crippen molar-refractivity contribution in [3.63, 3.8) is 0 Å². The zero-order valence-corrected chi connectivity index (χ0v) is 16.9. The molecule has 0 aliphatic heterocycles. The van der Waals surface area contributed by atoms with E-state index >= 15 is 0 Å². The van der Waals surface area contributed by atoms with E-state index in [1.165, 1.54) is 7.11 Å². The van der Waals surface area contributed by atoms with Crippen molar-refractivity contribution in [1.29, 1.82) is 0 Å². The number of amides is 1. The van der Waals surface area contributed by atoms with Gasteiger partial charge in [0.2, 0.25) is 5.91 Å². The molecular weight excluding hydrogens is 386 g/mol. The summed E-state index contributed by atoms with van der Waals surface area (Å²) in [5, 5.41) is 12.0. The lowest BCUT2D eigenvalue weighted by molar-refractivity contribution is -0.121. The topological polar surface area (TPSA) is 98.0 Å². The van der Waals surface area contributed by atoms with E-state index in [9.17, 15) is 9.59 Å². The number of alkyl halides is 1. The molecule has 2 N–H and O–H groups in total. The van der Waals surface area contributed by atoms with Gasteiger partial charge >= 0.3 is 5.97 Å². The summed E-state index contributed by atoms with van der Waals surface area (Å²) in [5.74, 6) is 0.848. The third kappa shape index (κ3) is 5.39. The molecule has 0 saturated carbocycles. The molecule has 1 amide bonds. The normalized spacial score (nSPS) is 10.9. The molecule has 8 heteroatoms. The van der Waals surface area contributed by atoms with Crippen molar-refractivity contribution in [1.82, 2.24) is 5.32 Å². The number of aliphatic hydroxyl groups is 1. The molecule has 28 heavy (non-hydrogen) atoms. The number of aliphatic hydroxyl groups excluding tert-OH is 1. The molecule has 0 aliphatic carbocycles. The lowest BCUT2D eigenvalue weighted by atomic mass is 10.0. The van der Waals surface area contributed by atoms with Crippen molar-refractivity contribution in [3.8, 4) is 5.75 Å². The SMILES string of the molecule is CCOC(=O)c1c(CCCCl)oc2c(OC)cc(CCC(=O)NCCO)cc12. The Labute approximate surface area is 168 Å². The highest BCUT2D eigenvalue weighted by molar-refractivity contribution is 6.17. The minimum atomic E-state index is -0.453. The van der Waals surface area contributed by atoms with Gasteiger partial charge in [-0.3, -0.25) is 4.79 Å². The Bertz CT molecular complexity index is 817. The molecule has 0 atom stereocenters. The van der Waals surface area contributed by atoms with Crippen molar-refractivity contribution in [3.05, 3.63) is 29.0 Å². The van der Waals surface area contributed by atoms with Crippen LogP contribution in [0.5, 0.6) is 5.75 Å². The number of aryl methyl sites for hydroxylation is 2. The second-order valence-electron chi connectivity index (χ2n) is 6.16. The molecular formula is C20H26ClNO6. The molecule has 7 nitrogen and oxygen atoms in total. The van der Waals surface area contributed by atoms with Crippen molar-refractivity contribution in [2.24, 2.45) is 0 Å². The Morgan fingerprint density at radius 3 is 2.71 bits per heavy atom. The molecule has 0 aliphatic rings. The highest BCUT2D eigenvalue weighted by Crippen LogP contribution is 2.35. The maximum Gasteiger partial charge on any atom is 0.342 e. The van der Waals surface area contributed by atoms with Gasteiger partial charge in [0.1, 0.15) is 11.3 Å². The number of hydrogen-bond acceptors (Lipinski definition) is 6. The Balaban J connectivity index is 2.41. The van der Waals surface area contributed by atoms with Gasteiger partial charge in [0.05, 0.1) is 20.3 Å². The summed E-state index contributed by atoms with van der Waals surface area (Å²) in [6.45, 7) is 2.12. The Morgan fingerprint density at radius 2 is 2.07 bits per heavy atom. The first-order chi connectivity index (χ1) is 13.5. The minimum absolute atomic E-state index is 0.103. The zero-order chi connectivity index (χ0) is 20.5. The van der Waals surface area contributed by atoms with Crippen molar-refractivity contribution < 1.29 is 28.6 Å². The molecule has 0 radical (unpaired) electrons. The maximum absolute atomic E-state index is 12.6. The number of ether oxygens (including phenoxy) is 2. The quantitative estimate of drug-likeness (QED) is 0.436. The van der Waals surface area contributed by atoms with Crippen LogP contribution in [0.25, 0.3) is 11.0 Å². The van der Waals surface area contributed by atoms with Crippen LogP contribution in [0.4, 0.5) is 0 Å². The van der Waals surface area contributed by atoms with Gasteiger partial charge in [0.15, 0.2) is 11.3 Å². The first kappa shape index (κ1) is 22.0. The standard InChI is InChI=1S/C20H26ClNO6/c1-3-27-20(25)18-14-11-13(6-7-17(24)22-9-10-23)12-16(26-2)19(14)28-15(18)5-4-8-21/h11-12,23H,3-10H2,1-2H3,(H,22,24). The summed E-state index contributed by atoms with van der Waals surface area (Å²) >= 11 is 5.80. The molecule has 1 aromatic heterocycles. The van der Waals surface area contributed by atoms with Crippen LogP contribution in [-0.2, 0) is 22.4 Å². The first-order valence-electron chi connectivity index (χ1n) is 9.28. The number of hydrogen-bond donors (Lipinski definition) is 2. The Kier molecular flexibility index (Phi) is 8.60. The number of carbonyl (C=O) groups excluding carboxylic acids is 2. The fourth-order valence-corrected chi connectivity index (χ4v) is 3.08. The van der Waals surface area contributed by atoms with E-state index in [-0.39, 0.29) is 32.1 Å². The second kappa shape index (κ2) is 10.9. The van der Waals surface area contributed by atoms with Crippen LogP contribution in [0.3, 0.4) is 0 Å². The van der Waals surface area contributed by atoms with Gasteiger partial charge in [-0.1, -0.05) is 0 Å². The molecule has 0 fully saturated rings. The molecule has 2 rings (SSSR count). The van der Waals surface area contributed by atoms with Gasteiger partial charge in [-0.2, -0.15) is 0 Å². The number of fused-ring (bicyclic) bond motifs is 1. The number of halogens is 1. The second-order valence-corrected chi connectivity index (χ2v) is 6.54. The fourth-order valence-electron chi connectivity index (χ4n) is 2.94. The summed E-state index contributed by atoms with van der Waals surface area (Å²) in [6.07, 6.45) is 1.87. The van der Waals surface area contributed by atoms with Gasteiger partial charge in [-0.15, -0.1) is 11.6 Å². The summed E-state index contributed by atoms with van der Waals surface area (Å²) in [6, 6.07) is 3.63. The van der Waals surface area contributed by atoms with Crippen LogP contribution in [0, 0.1) is 0 Å². The number of methoxy groups -OCH3 is 1. The van der Waals surface area contributed by atoms with Crippen molar-refractivity contribution in [2.45, 2.75) is 32.6 Å². The number of esters is 1. The Hall–Kier alpha value is -2.25. The highest BCUT2D eigenvalue weighted by atomic mass is 35.5. The van der Waals surface area contributed by atoms with E-state index in [2.05, 4.69) is 5.32 Å². The number of furan rings is 1. The average molecular weight is 412 g/mol. The molecule has 154 valence electrons. The summed E-state index contributed by atoms with van der Waals surface area (Å²) in [7, 11) is 1.53. The Morgan fingerprint density at radius 1 is 1.29 bits per heavy atom. The molecule has 1 heterocycles. The smallest absolute Gasteiger partial charge is 0.342 e. The summed E-state index contributed by atoms with van der Waals surface area (Å²) in [4.78, 5) is 24.4. The molecule has 1 aromatic carbocycles. The van der Waals surface area contributed by atoms with Crippen molar-refractivity contribution >= 4 is 34.4 Å². The lowest BCUT2D eigenvalue weighted by Gasteiger charge is -2.07. The van der Waals surface area contributed by atoms with Crippen LogP contribution in [0.2, 0.25) is 0 Å². The largest absolute Gasteiger partial charge is 0.493 e. The molecule has 2 aromatic rings. The molecule has 0 bridgehead atoms. The predicted octanol–water partition coefficient (Wildman–Crippen LogP) is 2.83. The van der Waals surface area contributed by atoms with Gasteiger partial charge in [0, 0.05) is 30.7 Å². The number of carbonyl (C=O) groups is 2. The predicted molar refractivity (Wildman–Crippen MR) is 106 cm³/mol.